The quantitative estimate of drug-likeness (QED) is 0.478. The van der Waals surface area contributed by atoms with Gasteiger partial charge in [-0.2, -0.15) is 0 Å². The summed E-state index contributed by atoms with van der Waals surface area (Å²) in [4.78, 5) is 16.8. The van der Waals surface area contributed by atoms with E-state index in [0.717, 1.165) is 22.4 Å². The molecule has 0 unspecified atom stereocenters. The number of benzene rings is 3. The molecular formula is C27H30ClN3O4S. The van der Waals surface area contributed by atoms with E-state index in [2.05, 4.69) is 9.62 Å². The van der Waals surface area contributed by atoms with E-state index in [-0.39, 0.29) is 17.4 Å². The number of carbonyl (C=O) groups is 1. The maximum atomic E-state index is 12.8. The first-order chi connectivity index (χ1) is 17.1. The molecule has 0 aliphatic carbocycles. The molecule has 1 amide bonds. The summed E-state index contributed by atoms with van der Waals surface area (Å²) >= 11 is 6.15. The lowest BCUT2D eigenvalue weighted by atomic mass is 10.1. The number of aryl methyl sites for hydroxylation is 3. The van der Waals surface area contributed by atoms with E-state index in [1.807, 2.05) is 51.1 Å². The van der Waals surface area contributed by atoms with Crippen molar-refractivity contribution in [3.8, 4) is 5.75 Å². The molecule has 1 N–H and O–H groups in total. The van der Waals surface area contributed by atoms with Crippen molar-refractivity contribution in [1.82, 2.24) is 4.90 Å². The molecule has 0 aromatic heterocycles. The number of ether oxygens (including phenoxy) is 1. The number of halogens is 1. The van der Waals surface area contributed by atoms with Gasteiger partial charge in [0.1, 0.15) is 5.75 Å². The predicted molar refractivity (Wildman–Crippen MR) is 144 cm³/mol. The number of carbonyl (C=O) groups excluding carboxylic acids is 1. The summed E-state index contributed by atoms with van der Waals surface area (Å²) in [5, 5.41) is 0.697. The summed E-state index contributed by atoms with van der Waals surface area (Å²) < 4.78 is 33.9. The summed E-state index contributed by atoms with van der Waals surface area (Å²) in [6, 6.07) is 17.5. The largest absolute Gasteiger partial charge is 0.484 e. The maximum Gasteiger partial charge on any atom is 0.261 e. The molecule has 0 atom stereocenters. The molecule has 190 valence electrons. The van der Waals surface area contributed by atoms with Crippen molar-refractivity contribution < 1.29 is 17.9 Å². The van der Waals surface area contributed by atoms with E-state index >= 15 is 0 Å². The minimum atomic E-state index is -3.75. The molecule has 36 heavy (non-hydrogen) atoms. The van der Waals surface area contributed by atoms with E-state index < -0.39 is 10.0 Å². The second-order valence-corrected chi connectivity index (χ2v) is 11.1. The Kier molecular flexibility index (Phi) is 7.76. The molecule has 7 nitrogen and oxygen atoms in total. The van der Waals surface area contributed by atoms with Crippen LogP contribution < -0.4 is 14.4 Å². The lowest BCUT2D eigenvalue weighted by molar-refractivity contribution is -0.133. The van der Waals surface area contributed by atoms with Crippen molar-refractivity contribution >= 4 is 38.9 Å². The van der Waals surface area contributed by atoms with Crippen LogP contribution in [0, 0.1) is 20.8 Å². The van der Waals surface area contributed by atoms with Gasteiger partial charge in [-0.25, -0.2) is 8.42 Å². The van der Waals surface area contributed by atoms with Crippen molar-refractivity contribution in [2.24, 2.45) is 0 Å². The molecule has 1 heterocycles. The smallest absolute Gasteiger partial charge is 0.261 e. The van der Waals surface area contributed by atoms with Crippen LogP contribution in [0.4, 0.5) is 11.4 Å². The molecule has 1 aliphatic rings. The Bertz CT molecular complexity index is 1350. The molecule has 0 saturated carbocycles. The second kappa shape index (κ2) is 10.8. The van der Waals surface area contributed by atoms with Crippen molar-refractivity contribution in [2.75, 3.05) is 42.4 Å². The third-order valence-electron chi connectivity index (χ3n) is 6.28. The number of anilines is 2. The van der Waals surface area contributed by atoms with Crippen LogP contribution in [-0.2, 0) is 14.8 Å². The first kappa shape index (κ1) is 25.9. The van der Waals surface area contributed by atoms with Gasteiger partial charge in [-0.3, -0.25) is 9.52 Å². The van der Waals surface area contributed by atoms with Gasteiger partial charge in [-0.15, -0.1) is 0 Å². The van der Waals surface area contributed by atoms with Gasteiger partial charge in [0.15, 0.2) is 6.61 Å². The Morgan fingerprint density at radius 1 is 0.917 bits per heavy atom. The van der Waals surface area contributed by atoms with Crippen LogP contribution >= 0.6 is 11.6 Å². The van der Waals surface area contributed by atoms with Crippen LogP contribution in [-0.4, -0.2) is 52.0 Å². The first-order valence-electron chi connectivity index (χ1n) is 11.7. The number of hydrogen-bond donors (Lipinski definition) is 1. The van der Waals surface area contributed by atoms with Crippen molar-refractivity contribution in [3.05, 3.63) is 82.4 Å². The Labute approximate surface area is 217 Å². The highest BCUT2D eigenvalue weighted by Crippen LogP contribution is 2.26. The van der Waals surface area contributed by atoms with Crippen LogP contribution in [0.3, 0.4) is 0 Å². The van der Waals surface area contributed by atoms with E-state index in [4.69, 9.17) is 16.3 Å². The first-order valence-corrected chi connectivity index (χ1v) is 13.6. The minimum absolute atomic E-state index is 0.106. The maximum absolute atomic E-state index is 12.8. The van der Waals surface area contributed by atoms with Crippen molar-refractivity contribution in [1.29, 1.82) is 0 Å². The van der Waals surface area contributed by atoms with Crippen molar-refractivity contribution in [3.63, 3.8) is 0 Å². The zero-order valence-corrected chi connectivity index (χ0v) is 22.2. The number of nitrogens with one attached hydrogen (secondary N) is 1. The van der Waals surface area contributed by atoms with Gasteiger partial charge in [0, 0.05) is 36.9 Å². The summed E-state index contributed by atoms with van der Waals surface area (Å²) in [6.07, 6.45) is 0. The predicted octanol–water partition coefficient (Wildman–Crippen LogP) is 4.79. The van der Waals surface area contributed by atoms with Gasteiger partial charge in [0.25, 0.3) is 15.9 Å². The second-order valence-electron chi connectivity index (χ2n) is 8.98. The number of amides is 1. The SMILES string of the molecule is Cc1ccc(C)c(NS(=O)(=O)c2ccc(OCC(=O)N3CCN(c4cc(Cl)ccc4C)CC3)cc2)c1. The molecule has 1 saturated heterocycles. The van der Waals surface area contributed by atoms with Crippen LogP contribution in [0.5, 0.6) is 5.75 Å². The van der Waals surface area contributed by atoms with Gasteiger partial charge in [0.2, 0.25) is 0 Å². The molecule has 1 aliphatic heterocycles. The Morgan fingerprint density at radius 3 is 2.28 bits per heavy atom. The molecule has 1 fully saturated rings. The van der Waals surface area contributed by atoms with E-state index in [0.29, 0.717) is 42.6 Å². The lowest BCUT2D eigenvalue weighted by Gasteiger charge is -2.36. The van der Waals surface area contributed by atoms with Crippen LogP contribution in [0.15, 0.2) is 65.6 Å². The molecule has 0 radical (unpaired) electrons. The molecule has 4 rings (SSSR count). The highest BCUT2D eigenvalue weighted by Gasteiger charge is 2.23. The Morgan fingerprint density at radius 2 is 1.58 bits per heavy atom. The monoisotopic (exact) mass is 527 g/mol. The number of piperazine rings is 1. The zero-order valence-electron chi connectivity index (χ0n) is 20.6. The average molecular weight is 528 g/mol. The normalized spacial score (nSPS) is 14.0. The molecule has 0 spiro atoms. The fourth-order valence-electron chi connectivity index (χ4n) is 4.12. The van der Waals surface area contributed by atoms with Gasteiger partial charge < -0.3 is 14.5 Å². The van der Waals surface area contributed by atoms with Gasteiger partial charge in [0.05, 0.1) is 10.6 Å². The van der Waals surface area contributed by atoms with E-state index in [1.54, 1.807) is 23.1 Å². The van der Waals surface area contributed by atoms with Crippen LogP contribution in [0.1, 0.15) is 16.7 Å². The van der Waals surface area contributed by atoms with Crippen LogP contribution in [0.2, 0.25) is 5.02 Å². The molecule has 3 aromatic carbocycles. The number of hydrogen-bond acceptors (Lipinski definition) is 5. The van der Waals surface area contributed by atoms with Crippen molar-refractivity contribution in [2.45, 2.75) is 25.7 Å². The van der Waals surface area contributed by atoms with E-state index in [9.17, 15) is 13.2 Å². The topological polar surface area (TPSA) is 78.9 Å². The number of rotatable bonds is 7. The third-order valence-corrected chi connectivity index (χ3v) is 7.89. The highest BCUT2D eigenvalue weighted by molar-refractivity contribution is 7.92. The Hall–Kier alpha value is -3.23. The molecule has 3 aromatic rings. The molecular weight excluding hydrogens is 498 g/mol. The fraction of sp³-hybridized carbons (Fsp3) is 0.296. The number of sulfonamides is 1. The van der Waals surface area contributed by atoms with Gasteiger partial charge >= 0.3 is 0 Å². The zero-order chi connectivity index (χ0) is 25.9. The molecule has 9 heteroatoms. The highest BCUT2D eigenvalue weighted by atomic mass is 35.5. The Balaban J connectivity index is 1.30. The lowest BCUT2D eigenvalue weighted by Crippen LogP contribution is -2.50. The summed E-state index contributed by atoms with van der Waals surface area (Å²) in [7, 11) is -3.75. The van der Waals surface area contributed by atoms with Gasteiger partial charge in [-0.1, -0.05) is 29.8 Å². The van der Waals surface area contributed by atoms with E-state index in [1.165, 1.54) is 12.1 Å². The van der Waals surface area contributed by atoms with Gasteiger partial charge in [-0.05, 0) is 79.9 Å². The van der Waals surface area contributed by atoms with Crippen LogP contribution in [0.25, 0.3) is 0 Å². The third kappa shape index (κ3) is 6.12. The average Bonchev–Trinajstić information content (AvgIpc) is 2.86. The minimum Gasteiger partial charge on any atom is -0.484 e. The fourth-order valence-corrected chi connectivity index (χ4v) is 5.41. The summed E-state index contributed by atoms with van der Waals surface area (Å²) in [6.45, 7) is 8.31. The summed E-state index contributed by atoms with van der Waals surface area (Å²) in [5.41, 5.74) is 4.59. The standard InChI is InChI=1S/C27H30ClN3O4S/c1-19-4-5-20(2)25(16-19)29-36(33,34)24-10-8-23(9-11-24)35-18-27(32)31-14-12-30(13-15-31)26-17-22(28)7-6-21(26)3/h4-11,16-17,29H,12-15,18H2,1-3H3. The number of nitrogens with zero attached hydrogens (tertiary/aromatic N) is 2. The molecule has 0 bridgehead atoms. The summed E-state index contributed by atoms with van der Waals surface area (Å²) in [5.74, 6) is 0.327.